The van der Waals surface area contributed by atoms with E-state index in [-0.39, 0.29) is 6.04 Å². The maximum absolute atomic E-state index is 12.8. The van der Waals surface area contributed by atoms with Gasteiger partial charge >= 0.3 is 7.82 Å². The zero-order valence-electron chi connectivity index (χ0n) is 17.8. The van der Waals surface area contributed by atoms with Crippen LogP contribution < -0.4 is 0 Å². The van der Waals surface area contributed by atoms with Crippen LogP contribution in [0.25, 0.3) is 0 Å². The Morgan fingerprint density at radius 3 is 2.07 bits per heavy atom. The monoisotopic (exact) mass is 536 g/mol. The molecule has 3 aliphatic rings. The first kappa shape index (κ1) is 25.4. The second-order valence-electron chi connectivity index (χ2n) is 8.41. The van der Waals surface area contributed by atoms with Crippen molar-refractivity contribution in [3.63, 3.8) is 0 Å². The van der Waals surface area contributed by atoms with Gasteiger partial charge in [0, 0.05) is 32.7 Å². The lowest BCUT2D eigenvalue weighted by atomic mass is 10.0. The summed E-state index contributed by atoms with van der Waals surface area (Å²) in [5.74, 6) is 0. The fourth-order valence-electron chi connectivity index (χ4n) is 5.00. The van der Waals surface area contributed by atoms with Crippen molar-refractivity contribution in [1.82, 2.24) is 14.0 Å². The molecule has 0 radical (unpaired) electrons. The molecule has 0 aromatic rings. The molecule has 3 saturated heterocycles. The standard InChI is InChI=1S/C18H35BrF2N3O4P2/c1-2-3-4-11-18(26-30(25,27-20)28-21)17-10-9-16-24(17)29(19,22-12-5-6-13-22)23-14-7-8-15-23/h17-18H,2-16H2,1H3/q+1. The molecule has 0 amide bonds. The third-order valence-corrected chi connectivity index (χ3v) is 14.6. The summed E-state index contributed by atoms with van der Waals surface area (Å²) in [4.78, 5) is 0. The molecule has 30 heavy (non-hydrogen) atoms. The summed E-state index contributed by atoms with van der Waals surface area (Å²) in [6.45, 7) is 7.13. The molecule has 0 aromatic heterocycles. The van der Waals surface area contributed by atoms with Crippen molar-refractivity contribution in [2.75, 3.05) is 32.7 Å². The fourth-order valence-corrected chi connectivity index (χ4v) is 12.4. The first-order chi connectivity index (χ1) is 14.5. The van der Waals surface area contributed by atoms with Gasteiger partial charge in [-0.15, -0.1) is 14.0 Å². The molecule has 0 bridgehead atoms. The molecular formula is C18H35BrF2N3O4P2+. The Kier molecular flexibility index (Phi) is 9.95. The fraction of sp³-hybridized carbons (Fsp3) is 1.00. The highest BCUT2D eigenvalue weighted by molar-refractivity contribution is 9.41. The Morgan fingerprint density at radius 1 is 1.00 bits per heavy atom. The molecule has 3 fully saturated rings. The van der Waals surface area contributed by atoms with E-state index in [2.05, 4.69) is 45.9 Å². The first-order valence-corrected chi connectivity index (χ1v) is 16.4. The predicted octanol–water partition coefficient (Wildman–Crippen LogP) is 6.59. The molecular weight excluding hydrogens is 502 g/mol. The van der Waals surface area contributed by atoms with Gasteiger partial charge in [0.05, 0.1) is 12.1 Å². The molecule has 176 valence electrons. The van der Waals surface area contributed by atoms with E-state index in [1.165, 1.54) is 25.7 Å². The molecule has 0 spiro atoms. The second kappa shape index (κ2) is 11.8. The number of unbranched alkanes of at least 4 members (excludes halogenated alkanes) is 2. The van der Waals surface area contributed by atoms with Crippen molar-refractivity contribution in [2.45, 2.75) is 83.3 Å². The zero-order chi connectivity index (χ0) is 21.6. The summed E-state index contributed by atoms with van der Waals surface area (Å²) in [6.07, 6.45) is 7.26. The van der Waals surface area contributed by atoms with Crippen molar-refractivity contribution in [3.05, 3.63) is 0 Å². The van der Waals surface area contributed by atoms with Crippen LogP contribution >= 0.6 is 29.7 Å². The molecule has 2 unspecified atom stereocenters. The van der Waals surface area contributed by atoms with Crippen molar-refractivity contribution in [1.29, 1.82) is 0 Å². The number of rotatable bonds is 12. The quantitative estimate of drug-likeness (QED) is 0.206. The van der Waals surface area contributed by atoms with E-state index < -0.39 is 20.3 Å². The van der Waals surface area contributed by atoms with E-state index in [0.29, 0.717) is 6.42 Å². The van der Waals surface area contributed by atoms with E-state index in [1.807, 2.05) is 0 Å². The molecule has 0 saturated carbocycles. The number of halogens is 3. The number of hydrogen-bond donors (Lipinski definition) is 0. The highest BCUT2D eigenvalue weighted by Gasteiger charge is 2.61. The van der Waals surface area contributed by atoms with Gasteiger partial charge in [-0.3, -0.25) is 4.52 Å². The summed E-state index contributed by atoms with van der Waals surface area (Å²) < 4.78 is 57.4. The second-order valence-corrected chi connectivity index (χ2v) is 15.3. The predicted molar refractivity (Wildman–Crippen MR) is 118 cm³/mol. The largest absolute Gasteiger partial charge is 0.537 e. The summed E-state index contributed by atoms with van der Waals surface area (Å²) in [6, 6.07) is -0.102. The summed E-state index contributed by atoms with van der Waals surface area (Å²) in [5, 5.41) is 0. The highest BCUT2D eigenvalue weighted by Crippen LogP contribution is 2.77. The molecule has 3 heterocycles. The van der Waals surface area contributed by atoms with Crippen molar-refractivity contribution >= 4 is 29.7 Å². The van der Waals surface area contributed by atoms with Crippen LogP contribution in [0.5, 0.6) is 0 Å². The van der Waals surface area contributed by atoms with Crippen molar-refractivity contribution in [2.24, 2.45) is 0 Å². The van der Waals surface area contributed by atoms with Gasteiger partial charge in [-0.05, 0) is 54.0 Å². The third kappa shape index (κ3) is 5.63. The minimum Gasteiger partial charge on any atom is -0.278 e. The molecule has 3 rings (SSSR count). The minimum absolute atomic E-state index is 0.102. The molecule has 0 aromatic carbocycles. The van der Waals surface area contributed by atoms with Crippen LogP contribution in [0.4, 0.5) is 9.05 Å². The Bertz CT molecular complexity index is 562. The molecule has 0 N–H and O–H groups in total. The van der Waals surface area contributed by atoms with E-state index in [4.69, 9.17) is 4.52 Å². The maximum atomic E-state index is 12.8. The number of nitrogens with zero attached hydrogens (tertiary/aromatic N) is 3. The lowest BCUT2D eigenvalue weighted by molar-refractivity contribution is -0.128. The van der Waals surface area contributed by atoms with Crippen molar-refractivity contribution < 1.29 is 27.6 Å². The Balaban J connectivity index is 1.86. The minimum atomic E-state index is -4.86. The lowest BCUT2D eigenvalue weighted by Crippen LogP contribution is -2.46. The van der Waals surface area contributed by atoms with Gasteiger partial charge in [-0.1, -0.05) is 35.6 Å². The van der Waals surface area contributed by atoms with Gasteiger partial charge in [0.25, 0.3) is 6.42 Å². The van der Waals surface area contributed by atoms with E-state index in [1.54, 1.807) is 0 Å². The normalized spacial score (nSPS) is 26.1. The van der Waals surface area contributed by atoms with Gasteiger partial charge in [-0.2, -0.15) is 0 Å². The average molecular weight is 537 g/mol. The summed E-state index contributed by atoms with van der Waals surface area (Å²) in [5.41, 5.74) is 0. The topological polar surface area (TPSA) is 54.5 Å². The molecule has 12 heteroatoms. The Hall–Kier alpha value is 0.760. The van der Waals surface area contributed by atoms with Gasteiger partial charge in [0.15, 0.2) is 0 Å². The van der Waals surface area contributed by atoms with Gasteiger partial charge in [-0.25, -0.2) is 4.57 Å². The molecule has 2 atom stereocenters. The van der Waals surface area contributed by atoms with Crippen LogP contribution in [-0.2, 0) is 18.5 Å². The maximum Gasteiger partial charge on any atom is 0.537 e. The van der Waals surface area contributed by atoms with Crippen LogP contribution in [0.1, 0.15) is 71.1 Å². The first-order valence-electron chi connectivity index (χ1n) is 11.2. The van der Waals surface area contributed by atoms with Gasteiger partial charge in [0.1, 0.15) is 0 Å². The number of phosphoric acid groups is 1. The van der Waals surface area contributed by atoms with E-state index >= 15 is 0 Å². The van der Waals surface area contributed by atoms with Crippen LogP contribution in [0, 0.1) is 0 Å². The molecule has 7 nitrogen and oxygen atoms in total. The van der Waals surface area contributed by atoms with E-state index in [0.717, 1.165) is 64.8 Å². The highest BCUT2D eigenvalue weighted by atomic mass is 79.9. The Morgan fingerprint density at radius 2 is 1.57 bits per heavy atom. The SMILES string of the molecule is CCCCCC(OP(=O)(OF)OF)C1CCCN1[P+](Br)(N1CCCC1)N1CCCC1. The Labute approximate surface area is 187 Å². The van der Waals surface area contributed by atoms with Crippen LogP contribution in [0.3, 0.4) is 0 Å². The van der Waals surface area contributed by atoms with Crippen LogP contribution in [0.15, 0.2) is 0 Å². The third-order valence-electron chi connectivity index (χ3n) is 6.44. The summed E-state index contributed by atoms with van der Waals surface area (Å²) in [7, 11) is -4.86. The van der Waals surface area contributed by atoms with Crippen LogP contribution in [-0.4, -0.2) is 58.9 Å². The average Bonchev–Trinajstić information content (AvgIpc) is 3.54. The van der Waals surface area contributed by atoms with Gasteiger partial charge < -0.3 is 0 Å². The number of hydrogen-bond acceptors (Lipinski definition) is 7. The van der Waals surface area contributed by atoms with Crippen LogP contribution in [0.2, 0.25) is 0 Å². The smallest absolute Gasteiger partial charge is 0.278 e. The molecule has 3 aliphatic heterocycles. The lowest BCUT2D eigenvalue weighted by Gasteiger charge is -2.43. The molecule has 0 aliphatic carbocycles. The zero-order valence-corrected chi connectivity index (χ0v) is 21.1. The van der Waals surface area contributed by atoms with Gasteiger partial charge in [0.2, 0.25) is 15.5 Å². The summed E-state index contributed by atoms with van der Waals surface area (Å²) >= 11 is 4.22. The van der Waals surface area contributed by atoms with Crippen molar-refractivity contribution in [3.8, 4) is 0 Å². The van der Waals surface area contributed by atoms with E-state index in [9.17, 15) is 13.6 Å².